The van der Waals surface area contributed by atoms with Gasteiger partial charge < -0.3 is 10.1 Å². The fraction of sp³-hybridized carbons (Fsp3) is 0.304. The van der Waals surface area contributed by atoms with Gasteiger partial charge >= 0.3 is 0 Å². The monoisotopic (exact) mass is 501 g/mol. The highest BCUT2D eigenvalue weighted by Crippen LogP contribution is 2.44. The van der Waals surface area contributed by atoms with Crippen molar-refractivity contribution in [2.24, 2.45) is 11.8 Å². The number of hydrogen-bond acceptors (Lipinski definition) is 5. The summed E-state index contributed by atoms with van der Waals surface area (Å²) in [5.74, 6) is 0.931. The van der Waals surface area contributed by atoms with E-state index in [0.29, 0.717) is 27.6 Å². The zero-order chi connectivity index (χ0) is 23.1. The molecule has 0 aliphatic heterocycles. The number of rotatable bonds is 5. The van der Waals surface area contributed by atoms with Gasteiger partial charge in [0.1, 0.15) is 11.6 Å². The molecule has 2 bridgehead atoms. The maximum Gasteiger partial charge on any atom is 0.273 e. The van der Waals surface area contributed by atoms with E-state index in [9.17, 15) is 10.1 Å². The number of ether oxygens (including phenoxy) is 1. The van der Waals surface area contributed by atoms with Gasteiger partial charge in [0.25, 0.3) is 5.91 Å². The minimum Gasteiger partial charge on any atom is -0.419 e. The molecule has 3 atom stereocenters. The number of pyridine rings is 1. The van der Waals surface area contributed by atoms with Crippen molar-refractivity contribution in [1.82, 2.24) is 20.1 Å². The maximum atomic E-state index is 13.2. The normalized spacial score (nSPS) is 21.1. The summed E-state index contributed by atoms with van der Waals surface area (Å²) in [6.45, 7) is 0. The van der Waals surface area contributed by atoms with E-state index >= 15 is 0 Å². The van der Waals surface area contributed by atoms with Gasteiger partial charge in [0, 0.05) is 23.3 Å². The summed E-state index contributed by atoms with van der Waals surface area (Å²) in [6, 6.07) is 10.1. The van der Waals surface area contributed by atoms with Crippen LogP contribution in [0.25, 0.3) is 5.69 Å². The van der Waals surface area contributed by atoms with Crippen molar-refractivity contribution in [1.29, 1.82) is 5.26 Å². The van der Waals surface area contributed by atoms with Crippen LogP contribution < -0.4 is 10.1 Å². The van der Waals surface area contributed by atoms with Crippen LogP contribution in [0.3, 0.4) is 0 Å². The average Bonchev–Trinajstić information content (AvgIpc) is 3.50. The molecule has 10 heteroatoms. The van der Waals surface area contributed by atoms with Gasteiger partial charge in [-0.3, -0.25) is 4.79 Å². The van der Waals surface area contributed by atoms with E-state index in [-0.39, 0.29) is 34.1 Å². The molecule has 2 heterocycles. The molecule has 1 N–H and O–H groups in total. The molecule has 0 radical (unpaired) electrons. The van der Waals surface area contributed by atoms with Crippen molar-refractivity contribution < 1.29 is 9.53 Å². The predicted molar refractivity (Wildman–Crippen MR) is 124 cm³/mol. The van der Waals surface area contributed by atoms with Gasteiger partial charge in [-0.2, -0.15) is 15.0 Å². The number of amides is 1. The lowest BCUT2D eigenvalue weighted by Crippen LogP contribution is -2.39. The van der Waals surface area contributed by atoms with Crippen molar-refractivity contribution >= 4 is 40.7 Å². The molecule has 2 aliphatic carbocycles. The molecule has 3 unspecified atom stereocenters. The number of nitriles is 1. The second-order valence-electron chi connectivity index (χ2n) is 8.32. The van der Waals surface area contributed by atoms with Crippen LogP contribution in [0.2, 0.25) is 15.1 Å². The van der Waals surface area contributed by atoms with E-state index in [2.05, 4.69) is 21.5 Å². The second-order valence-corrected chi connectivity index (χ2v) is 9.60. The van der Waals surface area contributed by atoms with Crippen molar-refractivity contribution in [2.45, 2.75) is 31.7 Å². The molecule has 2 saturated carbocycles. The van der Waals surface area contributed by atoms with E-state index < -0.39 is 5.91 Å². The molecule has 0 saturated heterocycles. The fourth-order valence-corrected chi connectivity index (χ4v) is 5.35. The summed E-state index contributed by atoms with van der Waals surface area (Å²) in [4.78, 5) is 17.3. The van der Waals surface area contributed by atoms with Crippen LogP contribution in [0.5, 0.6) is 11.8 Å². The molecule has 7 nitrogen and oxygen atoms in total. The molecule has 33 heavy (non-hydrogen) atoms. The lowest BCUT2D eigenvalue weighted by Gasteiger charge is -2.22. The first-order chi connectivity index (χ1) is 15.9. The quantitative estimate of drug-likeness (QED) is 0.475. The molecule has 168 valence electrons. The Bertz CT molecular complexity index is 1270. The summed E-state index contributed by atoms with van der Waals surface area (Å²) < 4.78 is 7.24. The largest absolute Gasteiger partial charge is 0.419 e. The topological polar surface area (TPSA) is 92.8 Å². The Labute approximate surface area is 205 Å². The number of nitrogens with zero attached hydrogens (tertiary/aromatic N) is 4. The van der Waals surface area contributed by atoms with Crippen LogP contribution in [0.1, 0.15) is 41.7 Å². The zero-order valence-electron chi connectivity index (χ0n) is 17.3. The molecule has 1 aromatic carbocycles. The van der Waals surface area contributed by atoms with Gasteiger partial charge in [-0.1, -0.05) is 41.2 Å². The fourth-order valence-electron chi connectivity index (χ4n) is 4.75. The molecular formula is C23H18Cl3N5O2. The van der Waals surface area contributed by atoms with Gasteiger partial charge in [0.05, 0.1) is 15.7 Å². The molecule has 2 aliphatic rings. The van der Waals surface area contributed by atoms with Crippen LogP contribution in [0.15, 0.2) is 36.5 Å². The highest BCUT2D eigenvalue weighted by Gasteiger charge is 2.41. The van der Waals surface area contributed by atoms with Gasteiger partial charge in [-0.15, -0.1) is 0 Å². The summed E-state index contributed by atoms with van der Waals surface area (Å²) in [6.07, 6.45) is 5.85. The van der Waals surface area contributed by atoms with Crippen LogP contribution >= 0.6 is 34.8 Å². The Hall–Kier alpha value is -2.79. The smallest absolute Gasteiger partial charge is 0.273 e. The van der Waals surface area contributed by atoms with Crippen molar-refractivity contribution in [3.63, 3.8) is 0 Å². The minimum atomic E-state index is -0.415. The summed E-state index contributed by atoms with van der Waals surface area (Å²) in [5.41, 5.74) is 0.356. The summed E-state index contributed by atoms with van der Waals surface area (Å²) in [5, 5.41) is 18.6. The third-order valence-corrected chi connectivity index (χ3v) is 7.03. The Morgan fingerprint density at radius 1 is 1.15 bits per heavy atom. The minimum absolute atomic E-state index is 0.0153. The van der Waals surface area contributed by atoms with Gasteiger partial charge in [-0.05, 0) is 55.4 Å². The van der Waals surface area contributed by atoms with Gasteiger partial charge in [-0.25, -0.2) is 4.98 Å². The number of benzene rings is 1. The van der Waals surface area contributed by atoms with E-state index in [1.807, 2.05) is 0 Å². The molecule has 0 spiro atoms. The Morgan fingerprint density at radius 2 is 1.97 bits per heavy atom. The van der Waals surface area contributed by atoms with Crippen LogP contribution in [0.4, 0.5) is 0 Å². The van der Waals surface area contributed by atoms with Gasteiger partial charge in [0.2, 0.25) is 11.8 Å². The average molecular weight is 503 g/mol. The van der Waals surface area contributed by atoms with E-state index in [4.69, 9.17) is 39.5 Å². The number of aromatic nitrogens is 3. The second kappa shape index (κ2) is 8.86. The number of hydrogen-bond donors (Lipinski definition) is 1. The lowest BCUT2D eigenvalue weighted by atomic mass is 9.95. The van der Waals surface area contributed by atoms with E-state index in [1.54, 1.807) is 30.3 Å². The van der Waals surface area contributed by atoms with Crippen molar-refractivity contribution in [2.75, 3.05) is 0 Å². The summed E-state index contributed by atoms with van der Waals surface area (Å²) >= 11 is 18.4. The molecule has 2 aromatic heterocycles. The molecule has 1 amide bonds. The molecular weight excluding hydrogens is 485 g/mol. The first-order valence-corrected chi connectivity index (χ1v) is 11.6. The number of carbonyl (C=O) groups excluding carboxylic acids is 1. The maximum absolute atomic E-state index is 13.2. The molecule has 5 rings (SSSR count). The Balaban J connectivity index is 1.56. The molecule has 3 aromatic rings. The van der Waals surface area contributed by atoms with E-state index in [1.165, 1.54) is 17.3 Å². The third kappa shape index (κ3) is 4.26. The number of carbonyl (C=O) groups is 1. The van der Waals surface area contributed by atoms with E-state index in [0.717, 1.165) is 19.3 Å². The number of halogens is 3. The highest BCUT2D eigenvalue weighted by molar-refractivity contribution is 6.35. The van der Waals surface area contributed by atoms with Crippen LogP contribution in [0, 0.1) is 23.2 Å². The van der Waals surface area contributed by atoms with Crippen molar-refractivity contribution in [3.05, 3.63) is 62.9 Å². The predicted octanol–water partition coefficient (Wildman–Crippen LogP) is 5.81. The summed E-state index contributed by atoms with van der Waals surface area (Å²) in [7, 11) is 0. The first kappa shape index (κ1) is 22.0. The number of nitrogens with one attached hydrogen (secondary N) is 1. The SMILES string of the molecule is N#Cc1c(C(=O)NC2CC3CCC2C3)nn(-c2ccc(Cl)cc2Cl)c1Oc1ccc(Cl)cn1. The van der Waals surface area contributed by atoms with Gasteiger partial charge in [0.15, 0.2) is 5.69 Å². The third-order valence-electron chi connectivity index (χ3n) is 6.26. The first-order valence-electron chi connectivity index (χ1n) is 10.5. The zero-order valence-corrected chi connectivity index (χ0v) is 19.5. The highest BCUT2D eigenvalue weighted by atomic mass is 35.5. The van der Waals surface area contributed by atoms with Crippen LogP contribution in [-0.2, 0) is 0 Å². The standard InChI is InChI=1S/C23H18Cl3N5O2/c24-14-3-5-19(17(26)9-14)31-23(33-20-6-4-15(25)11-28-20)16(10-27)21(30-31)22(32)29-18-8-12-1-2-13(18)7-12/h3-6,9,11-13,18H,1-2,7-8H2,(H,29,32). The Kier molecular flexibility index (Phi) is 5.92. The Morgan fingerprint density at radius 3 is 2.61 bits per heavy atom. The van der Waals surface area contributed by atoms with Crippen LogP contribution in [-0.4, -0.2) is 26.7 Å². The molecule has 2 fully saturated rings. The number of fused-ring (bicyclic) bond motifs is 2. The van der Waals surface area contributed by atoms with Crippen molar-refractivity contribution in [3.8, 4) is 23.5 Å². The lowest BCUT2D eigenvalue weighted by molar-refractivity contribution is 0.0917.